The summed E-state index contributed by atoms with van der Waals surface area (Å²) < 4.78 is 0. The smallest absolute Gasteiger partial charge is 0.0274 e. The lowest BCUT2D eigenvalue weighted by Crippen LogP contribution is -2.27. The van der Waals surface area contributed by atoms with Crippen LogP contribution in [0.3, 0.4) is 0 Å². The fourth-order valence-electron chi connectivity index (χ4n) is 4.36. The molecule has 0 spiro atoms. The first-order valence-corrected chi connectivity index (χ1v) is 9.29. The van der Waals surface area contributed by atoms with Crippen molar-refractivity contribution in [3.8, 4) is 0 Å². The van der Waals surface area contributed by atoms with E-state index >= 15 is 0 Å². The minimum Gasteiger partial charge on any atom is -0.0654 e. The first-order chi connectivity index (χ1) is 9.29. The largest absolute Gasteiger partial charge is 0.0654 e. The molecular formula is C19H38. The highest BCUT2D eigenvalue weighted by atomic mass is 14.4. The third-order valence-electron chi connectivity index (χ3n) is 5.91. The minimum atomic E-state index is 0.708. The van der Waals surface area contributed by atoms with E-state index in [1.165, 1.54) is 89.9 Å². The maximum Gasteiger partial charge on any atom is -0.0274 e. The van der Waals surface area contributed by atoms with E-state index in [0.29, 0.717) is 5.41 Å². The van der Waals surface area contributed by atoms with Gasteiger partial charge in [-0.2, -0.15) is 0 Å². The molecule has 0 amide bonds. The Bertz CT molecular complexity index is 196. The van der Waals surface area contributed by atoms with Crippen LogP contribution in [0.1, 0.15) is 111 Å². The standard InChI is InChI=1S/C19H38/c1-4-7-8-9-10-11-14-17-19(5-2,6-3)18-15-12-13-16-18/h18H,4-17H2,1-3H3. The van der Waals surface area contributed by atoms with Crippen LogP contribution in [0.4, 0.5) is 0 Å². The van der Waals surface area contributed by atoms with E-state index in [2.05, 4.69) is 20.8 Å². The zero-order chi connectivity index (χ0) is 14.0. The second-order valence-corrected chi connectivity index (χ2v) is 6.92. The highest BCUT2D eigenvalue weighted by Gasteiger charge is 2.36. The molecule has 0 aromatic rings. The number of unbranched alkanes of at least 4 members (excludes halogenated alkanes) is 6. The monoisotopic (exact) mass is 266 g/mol. The molecule has 1 saturated carbocycles. The lowest BCUT2D eigenvalue weighted by atomic mass is 9.67. The molecule has 0 heteroatoms. The average molecular weight is 267 g/mol. The Morgan fingerprint density at radius 2 is 1.26 bits per heavy atom. The Balaban J connectivity index is 2.22. The second kappa shape index (κ2) is 9.83. The maximum atomic E-state index is 2.45. The van der Waals surface area contributed by atoms with Crippen LogP contribution in [0.2, 0.25) is 0 Å². The molecule has 1 aliphatic rings. The van der Waals surface area contributed by atoms with Gasteiger partial charge in [-0.1, -0.05) is 91.4 Å². The number of hydrogen-bond acceptors (Lipinski definition) is 0. The quantitative estimate of drug-likeness (QED) is 0.349. The average Bonchev–Trinajstić information content (AvgIpc) is 2.97. The van der Waals surface area contributed by atoms with Crippen LogP contribution in [-0.2, 0) is 0 Å². The van der Waals surface area contributed by atoms with E-state index in [0.717, 1.165) is 5.92 Å². The van der Waals surface area contributed by atoms with Crippen molar-refractivity contribution < 1.29 is 0 Å². The van der Waals surface area contributed by atoms with E-state index in [9.17, 15) is 0 Å². The molecule has 0 unspecified atom stereocenters. The van der Waals surface area contributed by atoms with Crippen LogP contribution in [0.15, 0.2) is 0 Å². The molecular weight excluding hydrogens is 228 g/mol. The zero-order valence-corrected chi connectivity index (χ0v) is 14.0. The van der Waals surface area contributed by atoms with Gasteiger partial charge in [0.1, 0.15) is 0 Å². The van der Waals surface area contributed by atoms with E-state index in [1.54, 1.807) is 0 Å². The van der Waals surface area contributed by atoms with Gasteiger partial charge in [0.2, 0.25) is 0 Å². The summed E-state index contributed by atoms with van der Waals surface area (Å²) in [5.74, 6) is 1.06. The molecule has 0 saturated heterocycles. The first-order valence-electron chi connectivity index (χ1n) is 9.29. The Labute approximate surface area is 122 Å². The van der Waals surface area contributed by atoms with Crippen LogP contribution < -0.4 is 0 Å². The Morgan fingerprint density at radius 1 is 0.737 bits per heavy atom. The SMILES string of the molecule is CCCCCCCCCC(CC)(CC)C1CCCC1. The lowest BCUT2D eigenvalue weighted by Gasteiger charge is -2.38. The molecule has 0 atom stereocenters. The highest BCUT2D eigenvalue weighted by Crippen LogP contribution is 2.48. The van der Waals surface area contributed by atoms with Crippen molar-refractivity contribution in [1.82, 2.24) is 0 Å². The third-order valence-corrected chi connectivity index (χ3v) is 5.91. The first kappa shape index (κ1) is 17.1. The van der Waals surface area contributed by atoms with Crippen molar-refractivity contribution in [1.29, 1.82) is 0 Å². The third kappa shape index (κ3) is 5.48. The second-order valence-electron chi connectivity index (χ2n) is 6.92. The summed E-state index contributed by atoms with van der Waals surface area (Å²) in [6.45, 7) is 7.20. The molecule has 19 heavy (non-hydrogen) atoms. The van der Waals surface area contributed by atoms with Gasteiger partial charge in [-0.05, 0) is 30.6 Å². The molecule has 0 aliphatic heterocycles. The van der Waals surface area contributed by atoms with E-state index in [1.807, 2.05) is 0 Å². The van der Waals surface area contributed by atoms with E-state index in [4.69, 9.17) is 0 Å². The summed E-state index contributed by atoms with van der Waals surface area (Å²) in [5.41, 5.74) is 0.708. The zero-order valence-electron chi connectivity index (χ0n) is 14.0. The summed E-state index contributed by atoms with van der Waals surface area (Å²) in [6, 6.07) is 0. The Morgan fingerprint density at radius 3 is 1.79 bits per heavy atom. The normalized spacial score (nSPS) is 17.2. The van der Waals surface area contributed by atoms with Crippen LogP contribution in [0.5, 0.6) is 0 Å². The molecule has 0 aromatic heterocycles. The molecule has 0 nitrogen and oxygen atoms in total. The summed E-state index contributed by atoms with van der Waals surface area (Å²) in [5, 5.41) is 0. The fraction of sp³-hybridized carbons (Fsp3) is 1.00. The highest BCUT2D eigenvalue weighted by molar-refractivity contribution is 4.87. The number of hydrogen-bond donors (Lipinski definition) is 0. The number of rotatable bonds is 11. The predicted octanol–water partition coefficient (Wildman–Crippen LogP) is 7.12. The van der Waals surface area contributed by atoms with Gasteiger partial charge in [-0.3, -0.25) is 0 Å². The van der Waals surface area contributed by atoms with Crippen LogP contribution in [0, 0.1) is 11.3 Å². The fourth-order valence-corrected chi connectivity index (χ4v) is 4.36. The van der Waals surface area contributed by atoms with Gasteiger partial charge in [0.15, 0.2) is 0 Å². The van der Waals surface area contributed by atoms with Gasteiger partial charge in [0, 0.05) is 0 Å². The molecule has 0 heterocycles. The summed E-state index contributed by atoms with van der Waals surface area (Å²) >= 11 is 0. The van der Waals surface area contributed by atoms with Gasteiger partial charge in [-0.15, -0.1) is 0 Å². The molecule has 1 aliphatic carbocycles. The van der Waals surface area contributed by atoms with Crippen molar-refractivity contribution in [3.63, 3.8) is 0 Å². The Hall–Kier alpha value is 0. The summed E-state index contributed by atoms with van der Waals surface area (Å²) in [7, 11) is 0. The summed E-state index contributed by atoms with van der Waals surface area (Å²) in [4.78, 5) is 0. The minimum absolute atomic E-state index is 0.708. The van der Waals surface area contributed by atoms with Crippen molar-refractivity contribution in [3.05, 3.63) is 0 Å². The van der Waals surface area contributed by atoms with Crippen LogP contribution in [-0.4, -0.2) is 0 Å². The molecule has 0 aromatic carbocycles. The van der Waals surface area contributed by atoms with E-state index in [-0.39, 0.29) is 0 Å². The van der Waals surface area contributed by atoms with E-state index < -0.39 is 0 Å². The maximum absolute atomic E-state index is 2.45. The molecule has 0 radical (unpaired) electrons. The lowest BCUT2D eigenvalue weighted by molar-refractivity contribution is 0.126. The Kier molecular flexibility index (Phi) is 8.83. The van der Waals surface area contributed by atoms with Crippen molar-refractivity contribution in [2.24, 2.45) is 11.3 Å². The van der Waals surface area contributed by atoms with Gasteiger partial charge in [-0.25, -0.2) is 0 Å². The molecule has 114 valence electrons. The molecule has 0 N–H and O–H groups in total. The van der Waals surface area contributed by atoms with Gasteiger partial charge in [0.05, 0.1) is 0 Å². The van der Waals surface area contributed by atoms with Gasteiger partial charge >= 0.3 is 0 Å². The van der Waals surface area contributed by atoms with Crippen molar-refractivity contribution in [2.75, 3.05) is 0 Å². The van der Waals surface area contributed by atoms with Crippen LogP contribution >= 0.6 is 0 Å². The molecule has 0 bridgehead atoms. The van der Waals surface area contributed by atoms with Gasteiger partial charge < -0.3 is 0 Å². The van der Waals surface area contributed by atoms with Crippen molar-refractivity contribution in [2.45, 2.75) is 111 Å². The van der Waals surface area contributed by atoms with Gasteiger partial charge in [0.25, 0.3) is 0 Å². The topological polar surface area (TPSA) is 0 Å². The molecule has 1 fully saturated rings. The molecule has 1 rings (SSSR count). The van der Waals surface area contributed by atoms with Crippen LogP contribution in [0.25, 0.3) is 0 Å². The summed E-state index contributed by atoms with van der Waals surface area (Å²) in [6.07, 6.45) is 20.6. The van der Waals surface area contributed by atoms with Crippen molar-refractivity contribution >= 4 is 0 Å². The predicted molar refractivity (Wildman–Crippen MR) is 87.6 cm³/mol.